The quantitative estimate of drug-likeness (QED) is 0.229. The Morgan fingerprint density at radius 1 is 0.731 bits per heavy atom. The zero-order valence-electron chi connectivity index (χ0n) is 13.8. The van der Waals surface area contributed by atoms with E-state index in [1.165, 1.54) is 31.3 Å². The maximum atomic E-state index is 5.82. The Hall–Kier alpha value is -1.48. The highest BCUT2D eigenvalue weighted by Crippen LogP contribution is 2.44. The first kappa shape index (κ1) is 16.7. The number of benzene rings is 1. The smallest absolute Gasteiger partial charge is 0.0995 e. The standard InChI is InChI=1S/C18H12Br2N4S2/c1-5-11-14(18-7(15(11)23-21)3-10(20)26-18)6(2)12-13(5)17-8(16(12)24-22)4-9(19)25-17/h3-4H,21-22H2,1-2H3/b23-15+,24-16+. The van der Waals surface area contributed by atoms with Gasteiger partial charge in [0, 0.05) is 41.7 Å². The molecule has 4 N–H and O–H groups in total. The number of fused-ring (bicyclic) bond motifs is 6. The lowest BCUT2D eigenvalue weighted by Gasteiger charge is -2.06. The van der Waals surface area contributed by atoms with Crippen LogP contribution in [0.4, 0.5) is 0 Å². The van der Waals surface area contributed by atoms with Crippen LogP contribution in [0.3, 0.4) is 0 Å². The summed E-state index contributed by atoms with van der Waals surface area (Å²) in [5, 5.41) is 16.9. The largest absolute Gasteiger partial charge is 0.323 e. The first-order valence-corrected chi connectivity index (χ1v) is 11.0. The van der Waals surface area contributed by atoms with Crippen molar-refractivity contribution in [2.75, 3.05) is 0 Å². The van der Waals surface area contributed by atoms with Crippen molar-refractivity contribution in [1.29, 1.82) is 0 Å². The molecule has 8 heteroatoms. The van der Waals surface area contributed by atoms with Crippen molar-refractivity contribution in [2.24, 2.45) is 21.9 Å². The van der Waals surface area contributed by atoms with Gasteiger partial charge in [-0.2, -0.15) is 10.2 Å². The van der Waals surface area contributed by atoms with E-state index in [0.717, 1.165) is 39.8 Å². The Morgan fingerprint density at radius 2 is 1.12 bits per heavy atom. The average molecular weight is 508 g/mol. The van der Waals surface area contributed by atoms with Crippen LogP contribution >= 0.6 is 54.5 Å². The number of halogens is 2. The van der Waals surface area contributed by atoms with E-state index in [2.05, 4.69) is 68.0 Å². The summed E-state index contributed by atoms with van der Waals surface area (Å²) >= 11 is 10.6. The van der Waals surface area contributed by atoms with Crippen LogP contribution in [0.1, 0.15) is 11.1 Å². The molecule has 0 aliphatic carbocycles. The second kappa shape index (κ2) is 5.51. The second-order valence-corrected chi connectivity index (χ2v) is 11.2. The molecule has 26 heavy (non-hydrogen) atoms. The Labute approximate surface area is 172 Å². The van der Waals surface area contributed by atoms with Crippen LogP contribution in [0.5, 0.6) is 0 Å². The van der Waals surface area contributed by atoms with Gasteiger partial charge in [0.05, 0.1) is 18.3 Å². The van der Waals surface area contributed by atoms with E-state index in [4.69, 9.17) is 11.7 Å². The minimum Gasteiger partial charge on any atom is -0.323 e. The lowest BCUT2D eigenvalue weighted by Crippen LogP contribution is -2.07. The molecule has 130 valence electrons. The van der Waals surface area contributed by atoms with Crippen LogP contribution in [-0.2, 0) is 0 Å². The fourth-order valence-electron chi connectivity index (χ4n) is 4.14. The zero-order chi connectivity index (χ0) is 18.3. The highest BCUT2D eigenvalue weighted by molar-refractivity contribution is 9.11. The van der Waals surface area contributed by atoms with E-state index in [1.807, 2.05) is 0 Å². The molecule has 0 unspecified atom stereocenters. The van der Waals surface area contributed by atoms with E-state index in [1.54, 1.807) is 22.7 Å². The molecular weight excluding hydrogens is 496 g/mol. The predicted molar refractivity (Wildman–Crippen MR) is 119 cm³/mol. The van der Waals surface area contributed by atoms with Crippen LogP contribution in [0, 0.1) is 13.8 Å². The Bertz CT molecular complexity index is 1380. The third-order valence-electron chi connectivity index (χ3n) is 5.10. The number of nitrogens with zero attached hydrogens (tertiary/aromatic N) is 2. The molecule has 2 heterocycles. The van der Waals surface area contributed by atoms with E-state index in [0.29, 0.717) is 0 Å². The molecule has 5 rings (SSSR count). The fourth-order valence-corrected chi connectivity index (χ4v) is 7.56. The third-order valence-corrected chi connectivity index (χ3v) is 8.41. The summed E-state index contributed by atoms with van der Waals surface area (Å²) in [5.74, 6) is 11.6. The molecule has 0 spiro atoms. The van der Waals surface area contributed by atoms with Gasteiger partial charge in [0.25, 0.3) is 0 Å². The van der Waals surface area contributed by atoms with Gasteiger partial charge in [0.15, 0.2) is 0 Å². The third kappa shape index (κ3) is 1.88. The van der Waals surface area contributed by atoms with Gasteiger partial charge in [0.2, 0.25) is 0 Å². The predicted octanol–water partition coefficient (Wildman–Crippen LogP) is 4.99. The monoisotopic (exact) mass is 506 g/mol. The molecule has 5 aromatic rings. The molecule has 0 aliphatic rings. The van der Waals surface area contributed by atoms with Crippen LogP contribution in [-0.4, -0.2) is 0 Å². The minimum atomic E-state index is 0.857. The lowest BCUT2D eigenvalue weighted by molar-refractivity contribution is 1.17. The molecule has 0 fully saturated rings. The molecule has 2 aromatic heterocycles. The zero-order valence-corrected chi connectivity index (χ0v) is 18.6. The van der Waals surface area contributed by atoms with Gasteiger partial charge in [-0.05, 0) is 69.0 Å². The summed E-state index contributed by atoms with van der Waals surface area (Å²) in [6, 6.07) is 4.20. The molecular formula is C18H12Br2N4S2. The fraction of sp³-hybridized carbons (Fsp3) is 0.111. The lowest BCUT2D eigenvalue weighted by atomic mass is 9.98. The molecule has 0 amide bonds. The molecule has 3 aromatic carbocycles. The molecule has 0 saturated heterocycles. The highest BCUT2D eigenvalue weighted by atomic mass is 79.9. The number of hydrogen-bond acceptors (Lipinski definition) is 6. The number of thiophene rings is 2. The van der Waals surface area contributed by atoms with Crippen molar-refractivity contribution in [1.82, 2.24) is 0 Å². The van der Waals surface area contributed by atoms with E-state index < -0.39 is 0 Å². The van der Waals surface area contributed by atoms with Crippen LogP contribution in [0.15, 0.2) is 29.9 Å². The van der Waals surface area contributed by atoms with Crippen molar-refractivity contribution in [2.45, 2.75) is 13.8 Å². The SMILES string of the molecule is Cc1c2/c(=N/N)c3cc(Br)sc3c2c(C)c2/c(=N/N)c3cc(Br)sc3c12. The summed E-state index contributed by atoms with van der Waals surface area (Å²) in [4.78, 5) is 0. The van der Waals surface area contributed by atoms with Gasteiger partial charge in [-0.1, -0.05) is 0 Å². The number of rotatable bonds is 0. The van der Waals surface area contributed by atoms with E-state index in [9.17, 15) is 0 Å². The van der Waals surface area contributed by atoms with Crippen molar-refractivity contribution < 1.29 is 0 Å². The summed E-state index contributed by atoms with van der Waals surface area (Å²) < 4.78 is 4.55. The van der Waals surface area contributed by atoms with Crippen molar-refractivity contribution in [3.8, 4) is 0 Å². The van der Waals surface area contributed by atoms with Gasteiger partial charge in [0.1, 0.15) is 0 Å². The Morgan fingerprint density at radius 3 is 1.46 bits per heavy atom. The van der Waals surface area contributed by atoms with Crippen molar-refractivity contribution >= 4 is 96.3 Å². The molecule has 0 radical (unpaired) electrons. The van der Waals surface area contributed by atoms with Crippen molar-refractivity contribution in [3.63, 3.8) is 0 Å². The summed E-state index contributed by atoms with van der Waals surface area (Å²) in [5.41, 5.74) is 2.36. The first-order chi connectivity index (χ1) is 12.5. The van der Waals surface area contributed by atoms with Gasteiger partial charge in [-0.3, -0.25) is 0 Å². The molecule has 0 saturated carbocycles. The summed E-state index contributed by atoms with van der Waals surface area (Å²) in [6.07, 6.45) is 0. The Balaban J connectivity index is 2.24. The van der Waals surface area contributed by atoms with E-state index in [-0.39, 0.29) is 0 Å². The highest BCUT2D eigenvalue weighted by Gasteiger charge is 2.23. The molecule has 0 aliphatic heterocycles. The van der Waals surface area contributed by atoms with Crippen molar-refractivity contribution in [3.05, 3.63) is 41.5 Å². The first-order valence-electron chi connectivity index (χ1n) is 7.81. The Kier molecular flexibility index (Phi) is 3.54. The van der Waals surface area contributed by atoms with E-state index >= 15 is 0 Å². The average Bonchev–Trinajstić information content (AvgIpc) is 3.29. The molecule has 0 atom stereocenters. The second-order valence-electron chi connectivity index (χ2n) is 6.29. The van der Waals surface area contributed by atoms with Gasteiger partial charge >= 0.3 is 0 Å². The molecule has 4 nitrogen and oxygen atoms in total. The van der Waals surface area contributed by atoms with Crippen LogP contribution in [0.25, 0.3) is 41.7 Å². The number of nitrogens with two attached hydrogens (primary N) is 2. The van der Waals surface area contributed by atoms with Gasteiger partial charge in [-0.15, -0.1) is 22.7 Å². The number of aryl methyl sites for hydroxylation is 2. The number of hydrogen-bond donors (Lipinski definition) is 2. The topological polar surface area (TPSA) is 76.8 Å². The van der Waals surface area contributed by atoms with Gasteiger partial charge < -0.3 is 11.7 Å². The maximum Gasteiger partial charge on any atom is 0.0995 e. The van der Waals surface area contributed by atoms with Crippen LogP contribution < -0.4 is 22.4 Å². The maximum absolute atomic E-state index is 5.82. The summed E-state index contributed by atoms with van der Waals surface area (Å²) in [7, 11) is 0. The van der Waals surface area contributed by atoms with Gasteiger partial charge in [-0.25, -0.2) is 0 Å². The molecule has 0 bridgehead atoms. The van der Waals surface area contributed by atoms with Crippen LogP contribution in [0.2, 0.25) is 0 Å². The normalized spacial score (nSPS) is 14.2. The summed E-state index contributed by atoms with van der Waals surface area (Å²) in [6.45, 7) is 4.29. The minimum absolute atomic E-state index is 0.857.